The van der Waals surface area contributed by atoms with E-state index in [1.54, 1.807) is 0 Å². The first-order chi connectivity index (χ1) is 7.74. The maximum absolute atomic E-state index is 2.25. The smallest absolute Gasteiger partial charge is 0.0227 e. The highest BCUT2D eigenvalue weighted by Crippen LogP contribution is 2.34. The summed E-state index contributed by atoms with van der Waals surface area (Å²) in [4.78, 5) is 0. The first-order valence-corrected chi connectivity index (χ1v) is 8.39. The van der Waals surface area contributed by atoms with Crippen molar-refractivity contribution in [2.75, 3.05) is 0 Å². The zero-order valence-electron chi connectivity index (χ0n) is 9.62. The third-order valence-corrected chi connectivity index (χ3v) is 5.93. The second-order valence-corrected chi connectivity index (χ2v) is 7.14. The van der Waals surface area contributed by atoms with Crippen LogP contribution in [0.2, 0.25) is 0 Å². The number of aryl methyl sites for hydroxylation is 2. The summed E-state index contributed by atoms with van der Waals surface area (Å²) in [6.45, 7) is 4.27. The van der Waals surface area contributed by atoms with Gasteiger partial charge in [0.25, 0.3) is 0 Å². The molecule has 0 N–H and O–H groups in total. The molecule has 2 atom stereocenters. The monoisotopic (exact) mass is 246 g/mol. The minimum atomic E-state index is 0.903. The maximum atomic E-state index is 2.25. The molecule has 0 aliphatic carbocycles. The average molecular weight is 246 g/mol. The Kier molecular flexibility index (Phi) is 4.10. The lowest BCUT2D eigenvalue weighted by atomic mass is 10.2. The normalized spacial score (nSPS) is 11.9. The predicted molar refractivity (Wildman–Crippen MR) is 78.3 cm³/mol. The molecule has 2 aromatic carbocycles. The van der Waals surface area contributed by atoms with Crippen molar-refractivity contribution in [3.05, 3.63) is 59.7 Å². The standard InChI is InChI=1S/C14H16P2/c1-11-3-7-13(8-4-11)15-16-14-9-5-12(2)6-10-14/h3-10,15-16H,1-2H3. The van der Waals surface area contributed by atoms with Gasteiger partial charge in [0.2, 0.25) is 0 Å². The van der Waals surface area contributed by atoms with E-state index in [-0.39, 0.29) is 0 Å². The van der Waals surface area contributed by atoms with Gasteiger partial charge in [0, 0.05) is 0 Å². The summed E-state index contributed by atoms with van der Waals surface area (Å²) in [6, 6.07) is 17.8. The zero-order valence-corrected chi connectivity index (χ0v) is 11.6. The number of benzene rings is 2. The van der Waals surface area contributed by atoms with Crippen molar-refractivity contribution in [2.45, 2.75) is 13.8 Å². The van der Waals surface area contributed by atoms with Crippen molar-refractivity contribution in [3.8, 4) is 0 Å². The van der Waals surface area contributed by atoms with Crippen molar-refractivity contribution in [1.29, 1.82) is 0 Å². The molecule has 0 saturated heterocycles. The highest BCUT2D eigenvalue weighted by Gasteiger charge is 1.95. The van der Waals surface area contributed by atoms with Crippen LogP contribution in [0.5, 0.6) is 0 Å². The molecular weight excluding hydrogens is 230 g/mol. The Morgan fingerprint density at radius 3 is 1.19 bits per heavy atom. The van der Waals surface area contributed by atoms with Crippen LogP contribution in [0.15, 0.2) is 48.5 Å². The molecule has 16 heavy (non-hydrogen) atoms. The van der Waals surface area contributed by atoms with E-state index in [1.165, 1.54) is 21.7 Å². The molecule has 0 aliphatic rings. The van der Waals surface area contributed by atoms with E-state index in [0.29, 0.717) is 0 Å². The molecule has 0 aromatic heterocycles. The first-order valence-electron chi connectivity index (χ1n) is 5.39. The van der Waals surface area contributed by atoms with Crippen LogP contribution in [0, 0.1) is 13.8 Å². The average Bonchev–Trinajstić information content (AvgIpc) is 2.30. The molecule has 0 saturated carbocycles. The highest BCUT2D eigenvalue weighted by molar-refractivity contribution is 8.18. The Balaban J connectivity index is 1.97. The molecule has 0 heterocycles. The van der Waals surface area contributed by atoms with Crippen LogP contribution in [-0.4, -0.2) is 0 Å². The Morgan fingerprint density at radius 2 is 0.875 bits per heavy atom. The van der Waals surface area contributed by atoms with Gasteiger partial charge < -0.3 is 0 Å². The van der Waals surface area contributed by atoms with E-state index in [2.05, 4.69) is 62.4 Å². The first kappa shape index (κ1) is 11.8. The second kappa shape index (κ2) is 5.58. The molecule has 0 nitrogen and oxygen atoms in total. The van der Waals surface area contributed by atoms with Crippen LogP contribution < -0.4 is 10.6 Å². The summed E-state index contributed by atoms with van der Waals surface area (Å²) < 4.78 is 0. The van der Waals surface area contributed by atoms with E-state index in [0.717, 1.165) is 16.5 Å². The maximum Gasteiger partial charge on any atom is -0.0227 e. The third kappa shape index (κ3) is 3.41. The van der Waals surface area contributed by atoms with Gasteiger partial charge in [-0.2, -0.15) is 0 Å². The molecule has 82 valence electrons. The van der Waals surface area contributed by atoms with E-state index in [9.17, 15) is 0 Å². The van der Waals surface area contributed by atoms with Crippen LogP contribution in [0.25, 0.3) is 0 Å². The topological polar surface area (TPSA) is 0 Å². The second-order valence-electron chi connectivity index (χ2n) is 3.98. The van der Waals surface area contributed by atoms with Crippen LogP contribution in [-0.2, 0) is 0 Å². The van der Waals surface area contributed by atoms with Crippen LogP contribution in [0.3, 0.4) is 0 Å². The molecule has 0 bridgehead atoms. The Labute approximate surface area is 101 Å². The van der Waals surface area contributed by atoms with Crippen LogP contribution >= 0.6 is 16.5 Å². The molecule has 0 aliphatic heterocycles. The summed E-state index contributed by atoms with van der Waals surface area (Å²) in [5.41, 5.74) is 2.68. The van der Waals surface area contributed by atoms with E-state index in [4.69, 9.17) is 0 Å². The fraction of sp³-hybridized carbons (Fsp3) is 0.143. The summed E-state index contributed by atoms with van der Waals surface area (Å²) >= 11 is 0. The molecule has 2 aromatic rings. The molecule has 2 heteroatoms. The molecule has 2 unspecified atom stereocenters. The van der Waals surface area contributed by atoms with Crippen molar-refractivity contribution < 1.29 is 0 Å². The molecule has 0 fully saturated rings. The van der Waals surface area contributed by atoms with Gasteiger partial charge in [-0.25, -0.2) is 0 Å². The summed E-state index contributed by atoms with van der Waals surface area (Å²) in [6.07, 6.45) is 0. The lowest BCUT2D eigenvalue weighted by Gasteiger charge is -2.03. The van der Waals surface area contributed by atoms with Gasteiger partial charge in [-0.15, -0.1) is 0 Å². The summed E-state index contributed by atoms with van der Waals surface area (Å²) in [5.74, 6) is 0. The largest absolute Gasteiger partial charge is 0.0634 e. The SMILES string of the molecule is Cc1ccc(PPc2ccc(C)cc2)cc1. The fourth-order valence-corrected chi connectivity index (χ4v) is 4.24. The van der Waals surface area contributed by atoms with Gasteiger partial charge in [-0.05, 0) is 24.5 Å². The minimum absolute atomic E-state index is 0.903. The third-order valence-electron chi connectivity index (χ3n) is 2.45. The zero-order chi connectivity index (χ0) is 11.4. The van der Waals surface area contributed by atoms with Crippen molar-refractivity contribution >= 4 is 27.1 Å². The number of rotatable bonds is 3. The summed E-state index contributed by atoms with van der Waals surface area (Å²) in [5, 5.41) is 2.93. The Morgan fingerprint density at radius 1 is 0.562 bits per heavy atom. The quantitative estimate of drug-likeness (QED) is 0.727. The fourth-order valence-electron chi connectivity index (χ4n) is 1.42. The number of hydrogen-bond acceptors (Lipinski definition) is 0. The molecule has 0 spiro atoms. The van der Waals surface area contributed by atoms with E-state index < -0.39 is 0 Å². The van der Waals surface area contributed by atoms with Crippen LogP contribution in [0.4, 0.5) is 0 Å². The van der Waals surface area contributed by atoms with Crippen molar-refractivity contribution in [3.63, 3.8) is 0 Å². The molecular formula is C14H16P2. The van der Waals surface area contributed by atoms with E-state index >= 15 is 0 Å². The number of hydrogen-bond donors (Lipinski definition) is 0. The van der Waals surface area contributed by atoms with Gasteiger partial charge in [0.1, 0.15) is 0 Å². The van der Waals surface area contributed by atoms with Gasteiger partial charge in [-0.3, -0.25) is 0 Å². The summed E-state index contributed by atoms with van der Waals surface area (Å²) in [7, 11) is 1.81. The minimum Gasteiger partial charge on any atom is -0.0634 e. The predicted octanol–water partition coefficient (Wildman–Crippen LogP) is 3.53. The molecule has 0 amide bonds. The Bertz CT molecular complexity index is 398. The van der Waals surface area contributed by atoms with Gasteiger partial charge in [-0.1, -0.05) is 76.2 Å². The lowest BCUT2D eigenvalue weighted by molar-refractivity contribution is 1.49. The van der Waals surface area contributed by atoms with Crippen LogP contribution in [0.1, 0.15) is 11.1 Å². The molecule has 0 radical (unpaired) electrons. The lowest BCUT2D eigenvalue weighted by Crippen LogP contribution is -1.94. The van der Waals surface area contributed by atoms with Gasteiger partial charge >= 0.3 is 0 Å². The highest BCUT2D eigenvalue weighted by atomic mass is 32.0. The van der Waals surface area contributed by atoms with Crippen molar-refractivity contribution in [2.24, 2.45) is 0 Å². The van der Waals surface area contributed by atoms with Gasteiger partial charge in [0.05, 0.1) is 0 Å². The van der Waals surface area contributed by atoms with Gasteiger partial charge in [0.15, 0.2) is 0 Å². The van der Waals surface area contributed by atoms with E-state index in [1.807, 2.05) is 0 Å². The Hall–Kier alpha value is -0.700. The molecule has 2 rings (SSSR count). The van der Waals surface area contributed by atoms with Crippen molar-refractivity contribution in [1.82, 2.24) is 0 Å².